The smallest absolute Gasteiger partial charge is 0.330 e. The molecule has 27 heavy (non-hydrogen) atoms. The molecule has 0 radical (unpaired) electrons. The van der Waals surface area contributed by atoms with Gasteiger partial charge in [-0.1, -0.05) is 101 Å². The van der Waals surface area contributed by atoms with Crippen LogP contribution in [0, 0.1) is 0 Å². The summed E-state index contributed by atoms with van der Waals surface area (Å²) in [6.45, 7) is 2.24. The molecule has 6 nitrogen and oxygen atoms in total. The van der Waals surface area contributed by atoms with Gasteiger partial charge in [-0.05, 0) is 11.6 Å². The number of unbranched alkanes of at least 4 members (excludes halogenated alkanes) is 9. The molecule has 1 N–H and O–H groups in total. The van der Waals surface area contributed by atoms with Crippen molar-refractivity contribution in [1.29, 1.82) is 0 Å². The van der Waals surface area contributed by atoms with Crippen LogP contribution >= 0.6 is 0 Å². The van der Waals surface area contributed by atoms with Crippen molar-refractivity contribution < 1.29 is 9.90 Å². The number of aliphatic carboxylic acids is 1. The fraction of sp³-hybridized carbons (Fsp3) is 0.619. The molecule has 0 bridgehead atoms. The fourth-order valence-electron chi connectivity index (χ4n) is 3.22. The first-order valence-electron chi connectivity index (χ1n) is 10.3. The van der Waals surface area contributed by atoms with Gasteiger partial charge in [0.15, 0.2) is 6.04 Å². The first-order chi connectivity index (χ1) is 13.2. The fourth-order valence-corrected chi connectivity index (χ4v) is 3.22. The van der Waals surface area contributed by atoms with Crippen molar-refractivity contribution in [3.63, 3.8) is 0 Å². The van der Waals surface area contributed by atoms with Gasteiger partial charge in [-0.3, -0.25) is 0 Å². The minimum absolute atomic E-state index is 0.463. The standard InChI is InChI=1S/C21H32N4O2/c1-2-3-4-5-6-7-8-9-10-14-17-19(21(26)27)25-23-20(22-24-25)18-15-12-11-13-16-18/h11-13,15-16,19H,2-10,14,17H2,1H3,(H,26,27). The monoisotopic (exact) mass is 372 g/mol. The lowest BCUT2D eigenvalue weighted by atomic mass is 10.0. The Balaban J connectivity index is 1.70. The van der Waals surface area contributed by atoms with Crippen molar-refractivity contribution in [2.45, 2.75) is 83.6 Å². The lowest BCUT2D eigenvalue weighted by molar-refractivity contribution is -0.141. The van der Waals surface area contributed by atoms with Crippen LogP contribution in [0.25, 0.3) is 11.4 Å². The highest BCUT2D eigenvalue weighted by atomic mass is 16.4. The molecule has 1 aromatic heterocycles. The molecule has 1 atom stereocenters. The molecule has 0 saturated carbocycles. The Morgan fingerprint density at radius 3 is 2.15 bits per heavy atom. The van der Waals surface area contributed by atoms with Crippen LogP contribution in [0.5, 0.6) is 0 Å². The summed E-state index contributed by atoms with van der Waals surface area (Å²) in [5.41, 5.74) is 0.840. The van der Waals surface area contributed by atoms with Crippen LogP contribution in [0.1, 0.15) is 83.6 Å². The van der Waals surface area contributed by atoms with Gasteiger partial charge in [0.05, 0.1) is 0 Å². The Kier molecular flexibility index (Phi) is 9.52. The van der Waals surface area contributed by atoms with Gasteiger partial charge in [0.25, 0.3) is 0 Å². The lowest BCUT2D eigenvalue weighted by Crippen LogP contribution is -2.21. The van der Waals surface area contributed by atoms with E-state index in [4.69, 9.17) is 0 Å². The average molecular weight is 373 g/mol. The van der Waals surface area contributed by atoms with Gasteiger partial charge in [-0.2, -0.15) is 0 Å². The average Bonchev–Trinajstić information content (AvgIpc) is 3.16. The van der Waals surface area contributed by atoms with Crippen LogP contribution in [0.2, 0.25) is 0 Å². The summed E-state index contributed by atoms with van der Waals surface area (Å²) in [4.78, 5) is 12.9. The first-order valence-corrected chi connectivity index (χ1v) is 10.3. The van der Waals surface area contributed by atoms with E-state index < -0.39 is 12.0 Å². The molecule has 0 amide bonds. The summed E-state index contributed by atoms with van der Waals surface area (Å²) in [6.07, 6.45) is 12.8. The quantitative estimate of drug-likeness (QED) is 0.456. The maximum atomic E-state index is 11.6. The van der Waals surface area contributed by atoms with E-state index in [-0.39, 0.29) is 0 Å². The SMILES string of the molecule is CCCCCCCCCCCCC(C(=O)O)n1nnc(-c2ccccc2)n1. The van der Waals surface area contributed by atoms with E-state index in [1.54, 1.807) is 0 Å². The highest BCUT2D eigenvalue weighted by Gasteiger charge is 2.22. The highest BCUT2D eigenvalue weighted by molar-refractivity contribution is 5.71. The van der Waals surface area contributed by atoms with Gasteiger partial charge in [-0.15, -0.1) is 15.0 Å². The zero-order valence-corrected chi connectivity index (χ0v) is 16.4. The zero-order valence-electron chi connectivity index (χ0n) is 16.4. The summed E-state index contributed by atoms with van der Waals surface area (Å²) in [5.74, 6) is -0.437. The number of tetrazole rings is 1. The number of hydrogen-bond acceptors (Lipinski definition) is 4. The minimum atomic E-state index is -0.900. The maximum absolute atomic E-state index is 11.6. The Morgan fingerprint density at radius 2 is 1.56 bits per heavy atom. The van der Waals surface area contributed by atoms with E-state index >= 15 is 0 Å². The first kappa shape index (κ1) is 21.1. The number of carbonyl (C=O) groups is 1. The molecule has 0 aliphatic rings. The Morgan fingerprint density at radius 1 is 0.963 bits per heavy atom. The molecule has 0 aliphatic heterocycles. The normalized spacial score (nSPS) is 12.2. The van der Waals surface area contributed by atoms with Crippen LogP contribution in [0.4, 0.5) is 0 Å². The number of benzene rings is 1. The van der Waals surface area contributed by atoms with Gasteiger partial charge in [0.2, 0.25) is 5.82 Å². The van der Waals surface area contributed by atoms with Gasteiger partial charge in [0.1, 0.15) is 0 Å². The van der Waals surface area contributed by atoms with E-state index in [0.29, 0.717) is 12.2 Å². The molecular formula is C21H32N4O2. The third kappa shape index (κ3) is 7.49. The second kappa shape index (κ2) is 12.2. The van der Waals surface area contributed by atoms with Crippen molar-refractivity contribution in [3.8, 4) is 11.4 Å². The minimum Gasteiger partial charge on any atom is -0.480 e. The number of carboxylic acid groups (broad SMARTS) is 1. The number of nitrogens with zero attached hydrogens (tertiary/aromatic N) is 4. The van der Waals surface area contributed by atoms with E-state index in [0.717, 1.165) is 18.4 Å². The van der Waals surface area contributed by atoms with E-state index in [1.165, 1.54) is 56.2 Å². The van der Waals surface area contributed by atoms with Crippen LogP contribution in [-0.2, 0) is 4.79 Å². The van der Waals surface area contributed by atoms with Gasteiger partial charge < -0.3 is 5.11 Å². The topological polar surface area (TPSA) is 80.9 Å². The second-order valence-electron chi connectivity index (χ2n) is 7.12. The summed E-state index contributed by atoms with van der Waals surface area (Å²) < 4.78 is 0. The molecule has 2 aromatic rings. The van der Waals surface area contributed by atoms with Gasteiger partial charge in [-0.25, -0.2) is 4.79 Å². The zero-order chi connectivity index (χ0) is 19.3. The van der Waals surface area contributed by atoms with Crippen molar-refractivity contribution in [3.05, 3.63) is 30.3 Å². The van der Waals surface area contributed by atoms with Crippen LogP contribution in [0.15, 0.2) is 30.3 Å². The van der Waals surface area contributed by atoms with Gasteiger partial charge in [0, 0.05) is 5.56 Å². The highest BCUT2D eigenvalue weighted by Crippen LogP contribution is 2.19. The van der Waals surface area contributed by atoms with Crippen LogP contribution < -0.4 is 0 Å². The summed E-state index contributed by atoms with van der Waals surface area (Å²) in [7, 11) is 0. The third-order valence-corrected chi connectivity index (χ3v) is 4.86. The molecule has 1 heterocycles. The van der Waals surface area contributed by atoms with Gasteiger partial charge >= 0.3 is 5.97 Å². The van der Waals surface area contributed by atoms with Crippen molar-refractivity contribution in [1.82, 2.24) is 20.2 Å². The molecule has 0 aliphatic carbocycles. The molecule has 2 rings (SSSR count). The van der Waals surface area contributed by atoms with Crippen LogP contribution in [0.3, 0.4) is 0 Å². The lowest BCUT2D eigenvalue weighted by Gasteiger charge is -2.10. The van der Waals surface area contributed by atoms with E-state index in [1.807, 2.05) is 30.3 Å². The number of hydrogen-bond donors (Lipinski definition) is 1. The molecule has 0 spiro atoms. The predicted molar refractivity (Wildman–Crippen MR) is 106 cm³/mol. The molecule has 0 saturated heterocycles. The van der Waals surface area contributed by atoms with E-state index in [2.05, 4.69) is 22.3 Å². The third-order valence-electron chi connectivity index (χ3n) is 4.86. The number of carboxylic acids is 1. The van der Waals surface area contributed by atoms with Crippen molar-refractivity contribution in [2.75, 3.05) is 0 Å². The van der Waals surface area contributed by atoms with Crippen LogP contribution in [-0.4, -0.2) is 31.3 Å². The molecule has 1 aromatic carbocycles. The number of aromatic nitrogens is 4. The Labute approximate surface area is 162 Å². The predicted octanol–water partition coefficient (Wildman–Crippen LogP) is 5.28. The summed E-state index contributed by atoms with van der Waals surface area (Å²) in [6, 6.07) is 8.74. The summed E-state index contributed by atoms with van der Waals surface area (Å²) >= 11 is 0. The molecule has 148 valence electrons. The Hall–Kier alpha value is -2.24. The molecule has 1 unspecified atom stereocenters. The molecular weight excluding hydrogens is 340 g/mol. The molecule has 6 heteroatoms. The van der Waals surface area contributed by atoms with Crippen molar-refractivity contribution in [2.24, 2.45) is 0 Å². The maximum Gasteiger partial charge on any atom is 0.330 e. The van der Waals surface area contributed by atoms with Crippen molar-refractivity contribution >= 4 is 5.97 Å². The second-order valence-corrected chi connectivity index (χ2v) is 7.12. The number of rotatable bonds is 14. The molecule has 0 fully saturated rings. The largest absolute Gasteiger partial charge is 0.480 e. The summed E-state index contributed by atoms with van der Waals surface area (Å²) in [5, 5.41) is 21.8. The Bertz CT molecular complexity index is 657. The van der Waals surface area contributed by atoms with E-state index in [9.17, 15) is 9.90 Å².